The lowest BCUT2D eigenvalue weighted by Crippen LogP contribution is -2.17. The first-order valence-electron chi connectivity index (χ1n) is 9.40. The molecule has 0 saturated carbocycles. The summed E-state index contributed by atoms with van der Waals surface area (Å²) in [5.74, 6) is 1.26. The van der Waals surface area contributed by atoms with Gasteiger partial charge in [0.2, 0.25) is 16.9 Å². The van der Waals surface area contributed by atoms with Gasteiger partial charge in [-0.3, -0.25) is 4.79 Å². The molecule has 158 valence electrons. The zero-order valence-electron chi connectivity index (χ0n) is 16.6. The summed E-state index contributed by atoms with van der Waals surface area (Å²) in [6.07, 6.45) is 3.41. The Morgan fingerprint density at radius 1 is 1.37 bits per heavy atom. The van der Waals surface area contributed by atoms with Crippen LogP contribution in [0.1, 0.15) is 49.8 Å². The third-order valence-corrected chi connectivity index (χ3v) is 4.88. The Hall–Kier alpha value is -2.92. The second kappa shape index (κ2) is 10.7. The van der Waals surface area contributed by atoms with E-state index in [1.807, 2.05) is 6.07 Å². The van der Waals surface area contributed by atoms with Gasteiger partial charge in [-0.1, -0.05) is 48.7 Å². The molecule has 2 heterocycles. The number of anilines is 1. The fraction of sp³-hybridized carbons (Fsp3) is 0.389. The van der Waals surface area contributed by atoms with E-state index in [0.717, 1.165) is 30.8 Å². The van der Waals surface area contributed by atoms with Crippen molar-refractivity contribution < 1.29 is 9.63 Å². The fourth-order valence-corrected chi connectivity index (χ4v) is 3.28. The molecule has 0 aliphatic heterocycles. The molecule has 0 radical (unpaired) electrons. The van der Waals surface area contributed by atoms with E-state index in [9.17, 15) is 4.79 Å². The Kier molecular flexibility index (Phi) is 7.80. The van der Waals surface area contributed by atoms with Gasteiger partial charge in [0.15, 0.2) is 18.3 Å². The highest BCUT2D eigenvalue weighted by Gasteiger charge is 2.14. The van der Waals surface area contributed by atoms with Crippen molar-refractivity contribution in [3.05, 3.63) is 46.5 Å². The lowest BCUT2D eigenvalue weighted by Gasteiger charge is -2.07. The molecular formula is C18H21ClN8O2S. The van der Waals surface area contributed by atoms with Crippen LogP contribution in [0.3, 0.4) is 0 Å². The van der Waals surface area contributed by atoms with Crippen LogP contribution in [0.15, 0.2) is 29.4 Å². The molecule has 10 nitrogen and oxygen atoms in total. The zero-order chi connectivity index (χ0) is 21.3. The molecule has 0 aliphatic carbocycles. The Morgan fingerprint density at radius 2 is 2.23 bits per heavy atom. The van der Waals surface area contributed by atoms with Crippen molar-refractivity contribution in [3.8, 4) is 0 Å². The van der Waals surface area contributed by atoms with Gasteiger partial charge in [0.25, 0.3) is 0 Å². The van der Waals surface area contributed by atoms with E-state index in [1.54, 1.807) is 25.1 Å². The number of carbonyl (C=O) groups excluding carboxylic acids is 1. The molecule has 3 rings (SSSR count). The van der Waals surface area contributed by atoms with Gasteiger partial charge in [0.05, 0.1) is 0 Å². The summed E-state index contributed by atoms with van der Waals surface area (Å²) in [5, 5.41) is 19.4. The van der Waals surface area contributed by atoms with Crippen molar-refractivity contribution in [3.63, 3.8) is 0 Å². The molecular weight excluding hydrogens is 428 g/mol. The number of halogens is 1. The number of unbranched alkanes of at least 4 members (excludes halogenated alkanes) is 2. The van der Waals surface area contributed by atoms with Crippen LogP contribution in [0, 0.1) is 6.92 Å². The molecule has 30 heavy (non-hydrogen) atoms. The molecule has 1 N–H and O–H groups in total. The number of tetrazole rings is 1. The number of amides is 1. The highest BCUT2D eigenvalue weighted by Crippen LogP contribution is 2.15. The summed E-state index contributed by atoms with van der Waals surface area (Å²) in [4.78, 5) is 21.6. The second-order valence-electron chi connectivity index (χ2n) is 6.36. The number of aryl methyl sites for hydroxylation is 1. The van der Waals surface area contributed by atoms with Gasteiger partial charge >= 0.3 is 0 Å². The van der Waals surface area contributed by atoms with Crippen molar-refractivity contribution in [2.75, 3.05) is 5.32 Å². The summed E-state index contributed by atoms with van der Waals surface area (Å²) in [6.45, 7) is 3.86. The van der Waals surface area contributed by atoms with Crippen LogP contribution in [0.4, 0.5) is 5.13 Å². The molecule has 0 bridgehead atoms. The van der Waals surface area contributed by atoms with E-state index >= 15 is 0 Å². The molecule has 0 saturated heterocycles. The number of hydrogen-bond acceptors (Lipinski definition) is 9. The monoisotopic (exact) mass is 448 g/mol. The van der Waals surface area contributed by atoms with Crippen molar-refractivity contribution in [2.24, 2.45) is 5.16 Å². The van der Waals surface area contributed by atoms with E-state index in [-0.39, 0.29) is 12.5 Å². The third kappa shape index (κ3) is 6.04. The average molecular weight is 449 g/mol. The Labute approximate surface area is 182 Å². The summed E-state index contributed by atoms with van der Waals surface area (Å²) in [5.41, 5.74) is 0.684. The number of benzene rings is 1. The van der Waals surface area contributed by atoms with Gasteiger partial charge in [0.1, 0.15) is 0 Å². The van der Waals surface area contributed by atoms with Crippen molar-refractivity contribution >= 4 is 40.0 Å². The summed E-state index contributed by atoms with van der Waals surface area (Å²) in [6, 6.07) is 7.11. The first kappa shape index (κ1) is 21.8. The number of oxime groups is 1. The van der Waals surface area contributed by atoms with Crippen LogP contribution in [-0.4, -0.2) is 41.3 Å². The molecule has 0 spiro atoms. The van der Waals surface area contributed by atoms with Gasteiger partial charge in [-0.15, -0.1) is 5.10 Å². The minimum absolute atomic E-state index is 0.0213. The minimum Gasteiger partial charge on any atom is -0.386 e. The van der Waals surface area contributed by atoms with Crippen LogP contribution in [0.5, 0.6) is 0 Å². The summed E-state index contributed by atoms with van der Waals surface area (Å²) >= 11 is 7.19. The first-order valence-corrected chi connectivity index (χ1v) is 10.6. The lowest BCUT2D eigenvalue weighted by atomic mass is 10.2. The average Bonchev–Trinajstić information content (AvgIpc) is 3.34. The third-order valence-electron chi connectivity index (χ3n) is 3.98. The molecule has 0 aliphatic rings. The van der Waals surface area contributed by atoms with Crippen molar-refractivity contribution in [1.82, 2.24) is 29.6 Å². The fourth-order valence-electron chi connectivity index (χ4n) is 2.50. The first-order chi connectivity index (χ1) is 14.6. The maximum atomic E-state index is 11.9. The van der Waals surface area contributed by atoms with Gasteiger partial charge in [-0.05, 0) is 35.9 Å². The Bertz CT molecular complexity index is 1020. The minimum atomic E-state index is -0.0671. The standard InChI is InChI=1S/C18H21ClN8O2S/c1-3-4-5-9-16(28)21-18-20-15(24-30-18)11-29-23-17(27-12(2)22-25-26-27)13-7-6-8-14(19)10-13/h6-8,10H,3-5,9,11H2,1-2H3,(H,20,21,24,28). The van der Waals surface area contributed by atoms with Crippen LogP contribution < -0.4 is 5.32 Å². The normalized spacial score (nSPS) is 11.5. The highest BCUT2D eigenvalue weighted by atomic mass is 35.5. The maximum absolute atomic E-state index is 11.9. The van der Waals surface area contributed by atoms with E-state index in [0.29, 0.717) is 39.6 Å². The lowest BCUT2D eigenvalue weighted by molar-refractivity contribution is -0.116. The van der Waals surface area contributed by atoms with Gasteiger partial charge < -0.3 is 10.2 Å². The van der Waals surface area contributed by atoms with Gasteiger partial charge in [-0.25, -0.2) is 0 Å². The van der Waals surface area contributed by atoms with Gasteiger partial charge in [-0.2, -0.15) is 14.0 Å². The smallest absolute Gasteiger partial charge is 0.226 e. The molecule has 0 atom stereocenters. The Morgan fingerprint density at radius 3 is 2.97 bits per heavy atom. The van der Waals surface area contributed by atoms with E-state index in [2.05, 4.69) is 42.3 Å². The number of aromatic nitrogens is 6. The largest absolute Gasteiger partial charge is 0.386 e. The number of nitrogens with one attached hydrogen (secondary N) is 1. The summed E-state index contributed by atoms with van der Waals surface area (Å²) in [7, 11) is 0. The predicted octanol–water partition coefficient (Wildman–Crippen LogP) is 3.43. The molecule has 2 aromatic heterocycles. The predicted molar refractivity (Wildman–Crippen MR) is 113 cm³/mol. The van der Waals surface area contributed by atoms with Crippen molar-refractivity contribution in [2.45, 2.75) is 46.1 Å². The zero-order valence-corrected chi connectivity index (χ0v) is 18.2. The van der Waals surface area contributed by atoms with Crippen LogP contribution in [0.2, 0.25) is 5.02 Å². The van der Waals surface area contributed by atoms with Crippen LogP contribution in [0.25, 0.3) is 0 Å². The molecule has 0 fully saturated rings. The number of rotatable bonds is 9. The number of carbonyl (C=O) groups is 1. The Balaban J connectivity index is 1.65. The summed E-state index contributed by atoms with van der Waals surface area (Å²) < 4.78 is 5.63. The number of nitrogens with zero attached hydrogens (tertiary/aromatic N) is 7. The van der Waals surface area contributed by atoms with E-state index in [1.165, 1.54) is 4.68 Å². The molecule has 1 amide bonds. The molecule has 12 heteroatoms. The number of hydrogen-bond donors (Lipinski definition) is 1. The topological polar surface area (TPSA) is 120 Å². The second-order valence-corrected chi connectivity index (χ2v) is 7.55. The quantitative estimate of drug-likeness (QED) is 0.230. The molecule has 0 unspecified atom stereocenters. The maximum Gasteiger partial charge on any atom is 0.226 e. The molecule has 3 aromatic rings. The van der Waals surface area contributed by atoms with E-state index in [4.69, 9.17) is 16.4 Å². The van der Waals surface area contributed by atoms with Crippen LogP contribution in [-0.2, 0) is 16.2 Å². The molecule has 1 aromatic carbocycles. The van der Waals surface area contributed by atoms with Gasteiger partial charge in [0, 0.05) is 28.5 Å². The van der Waals surface area contributed by atoms with Crippen LogP contribution >= 0.6 is 23.1 Å². The van der Waals surface area contributed by atoms with E-state index < -0.39 is 0 Å². The van der Waals surface area contributed by atoms with Crippen molar-refractivity contribution in [1.29, 1.82) is 0 Å². The SMILES string of the molecule is CCCCCC(=O)Nc1nc(CON=C(c2cccc(Cl)c2)n2nnnc2C)ns1. The highest BCUT2D eigenvalue weighted by molar-refractivity contribution is 7.09.